The third-order valence-corrected chi connectivity index (χ3v) is 2.22. The van der Waals surface area contributed by atoms with Gasteiger partial charge in [0, 0.05) is 19.0 Å². The van der Waals surface area contributed by atoms with E-state index in [4.69, 9.17) is 5.73 Å². The molecular formula is C11H24N2O2. The first-order valence-electron chi connectivity index (χ1n) is 5.76. The Morgan fingerprint density at radius 3 is 2.67 bits per heavy atom. The third kappa shape index (κ3) is 9.69. The summed E-state index contributed by atoms with van der Waals surface area (Å²) >= 11 is 0. The predicted octanol–water partition coefficient (Wildman–Crippen LogP) is 0.781. The first kappa shape index (κ1) is 14.4. The van der Waals surface area contributed by atoms with E-state index in [1.54, 1.807) is 0 Å². The standard InChI is InChI=1S/C11H24N2O2/c1-3-5-10(14)8-13-11(15)7-4-6-9(2)12/h9-10,14H,3-8,12H2,1-2H3,(H,13,15). The fraction of sp³-hybridized carbons (Fsp3) is 0.909. The number of aliphatic hydroxyl groups excluding tert-OH is 1. The van der Waals surface area contributed by atoms with Crippen molar-refractivity contribution in [2.45, 2.75) is 58.1 Å². The molecule has 0 saturated heterocycles. The number of carbonyl (C=O) groups is 1. The van der Waals surface area contributed by atoms with Crippen LogP contribution in [0.15, 0.2) is 0 Å². The molecule has 0 bridgehead atoms. The van der Waals surface area contributed by atoms with Crippen LogP contribution in [0.1, 0.15) is 46.0 Å². The lowest BCUT2D eigenvalue weighted by Crippen LogP contribution is -2.32. The van der Waals surface area contributed by atoms with Crippen molar-refractivity contribution in [2.75, 3.05) is 6.54 Å². The maximum absolute atomic E-state index is 11.3. The zero-order chi connectivity index (χ0) is 11.7. The summed E-state index contributed by atoms with van der Waals surface area (Å²) < 4.78 is 0. The molecule has 2 atom stereocenters. The number of aliphatic hydroxyl groups is 1. The number of hydrogen-bond acceptors (Lipinski definition) is 3. The molecule has 0 radical (unpaired) electrons. The minimum atomic E-state index is -0.410. The molecule has 0 aromatic heterocycles. The van der Waals surface area contributed by atoms with Gasteiger partial charge in [-0.15, -0.1) is 0 Å². The highest BCUT2D eigenvalue weighted by atomic mass is 16.3. The number of carbonyl (C=O) groups excluding carboxylic acids is 1. The van der Waals surface area contributed by atoms with Gasteiger partial charge in [0.15, 0.2) is 0 Å². The van der Waals surface area contributed by atoms with Crippen LogP contribution in [0, 0.1) is 0 Å². The molecule has 4 N–H and O–H groups in total. The Morgan fingerprint density at radius 1 is 1.47 bits per heavy atom. The molecule has 0 fully saturated rings. The quantitative estimate of drug-likeness (QED) is 0.561. The first-order chi connectivity index (χ1) is 7.06. The van der Waals surface area contributed by atoms with Gasteiger partial charge in [-0.25, -0.2) is 0 Å². The number of rotatable bonds is 8. The van der Waals surface area contributed by atoms with Gasteiger partial charge in [-0.05, 0) is 26.2 Å². The first-order valence-corrected chi connectivity index (χ1v) is 5.76. The summed E-state index contributed by atoms with van der Waals surface area (Å²) in [5.74, 6) is 0.00537. The highest BCUT2D eigenvalue weighted by molar-refractivity contribution is 5.75. The average Bonchev–Trinajstić information content (AvgIpc) is 2.14. The number of nitrogens with two attached hydrogens (primary N) is 1. The maximum atomic E-state index is 11.3. The topological polar surface area (TPSA) is 75.3 Å². The lowest BCUT2D eigenvalue weighted by molar-refractivity contribution is -0.121. The summed E-state index contributed by atoms with van der Waals surface area (Å²) in [6.07, 6.45) is 3.44. The van der Waals surface area contributed by atoms with E-state index < -0.39 is 6.10 Å². The lowest BCUT2D eigenvalue weighted by atomic mass is 10.1. The van der Waals surface area contributed by atoms with Gasteiger partial charge in [0.1, 0.15) is 0 Å². The van der Waals surface area contributed by atoms with Crippen molar-refractivity contribution in [3.8, 4) is 0 Å². The van der Waals surface area contributed by atoms with Gasteiger partial charge >= 0.3 is 0 Å². The monoisotopic (exact) mass is 216 g/mol. The molecule has 0 aliphatic rings. The lowest BCUT2D eigenvalue weighted by Gasteiger charge is -2.10. The normalized spacial score (nSPS) is 14.7. The molecule has 0 aliphatic heterocycles. The second-order valence-corrected chi connectivity index (χ2v) is 4.12. The van der Waals surface area contributed by atoms with Crippen LogP contribution in [0.25, 0.3) is 0 Å². The van der Waals surface area contributed by atoms with Crippen molar-refractivity contribution in [1.82, 2.24) is 5.32 Å². The van der Waals surface area contributed by atoms with Crippen LogP contribution in [-0.2, 0) is 4.79 Å². The molecule has 15 heavy (non-hydrogen) atoms. The summed E-state index contributed by atoms with van der Waals surface area (Å²) in [7, 11) is 0. The van der Waals surface area contributed by atoms with E-state index in [1.807, 2.05) is 13.8 Å². The van der Waals surface area contributed by atoms with Gasteiger partial charge in [-0.1, -0.05) is 13.3 Å². The molecule has 90 valence electrons. The molecule has 2 unspecified atom stereocenters. The molecule has 0 rings (SSSR count). The average molecular weight is 216 g/mol. The minimum absolute atomic E-state index is 0.00537. The Labute approximate surface area is 92.2 Å². The van der Waals surface area contributed by atoms with Gasteiger partial charge in [0.05, 0.1) is 6.10 Å². The third-order valence-electron chi connectivity index (χ3n) is 2.22. The van der Waals surface area contributed by atoms with E-state index in [2.05, 4.69) is 5.32 Å². The van der Waals surface area contributed by atoms with Crippen molar-refractivity contribution in [2.24, 2.45) is 5.73 Å². The van der Waals surface area contributed by atoms with Crippen LogP contribution in [0.4, 0.5) is 0 Å². The van der Waals surface area contributed by atoms with Crippen molar-refractivity contribution in [3.05, 3.63) is 0 Å². The van der Waals surface area contributed by atoms with Crippen molar-refractivity contribution in [3.63, 3.8) is 0 Å². The Balaban J connectivity index is 3.40. The van der Waals surface area contributed by atoms with Crippen molar-refractivity contribution in [1.29, 1.82) is 0 Å². The Bertz CT molecular complexity index is 172. The fourth-order valence-corrected chi connectivity index (χ4v) is 1.34. The number of hydrogen-bond donors (Lipinski definition) is 3. The molecule has 4 nitrogen and oxygen atoms in total. The van der Waals surface area contributed by atoms with Crippen molar-refractivity contribution < 1.29 is 9.90 Å². The van der Waals surface area contributed by atoms with E-state index in [0.29, 0.717) is 13.0 Å². The van der Waals surface area contributed by atoms with Crippen molar-refractivity contribution >= 4 is 5.91 Å². The summed E-state index contributed by atoms with van der Waals surface area (Å²) in [5, 5.41) is 12.1. The van der Waals surface area contributed by atoms with Crippen LogP contribution in [0.2, 0.25) is 0 Å². The molecule has 0 aromatic rings. The van der Waals surface area contributed by atoms with E-state index >= 15 is 0 Å². The predicted molar refractivity (Wildman–Crippen MR) is 61.4 cm³/mol. The van der Waals surface area contributed by atoms with Crippen LogP contribution in [-0.4, -0.2) is 29.7 Å². The highest BCUT2D eigenvalue weighted by Gasteiger charge is 2.06. The smallest absolute Gasteiger partial charge is 0.220 e. The molecule has 0 heterocycles. The second-order valence-electron chi connectivity index (χ2n) is 4.12. The fourth-order valence-electron chi connectivity index (χ4n) is 1.34. The van der Waals surface area contributed by atoms with E-state index in [-0.39, 0.29) is 11.9 Å². The molecular weight excluding hydrogens is 192 g/mol. The van der Waals surface area contributed by atoms with E-state index in [9.17, 15) is 9.90 Å². The van der Waals surface area contributed by atoms with Gasteiger partial charge in [0.25, 0.3) is 0 Å². The van der Waals surface area contributed by atoms with Gasteiger partial charge in [0.2, 0.25) is 5.91 Å². The second kappa shape index (κ2) is 8.68. The molecule has 0 aliphatic carbocycles. The molecule has 1 amide bonds. The molecule has 4 heteroatoms. The molecule has 0 aromatic carbocycles. The van der Waals surface area contributed by atoms with Gasteiger partial charge in [-0.3, -0.25) is 4.79 Å². The minimum Gasteiger partial charge on any atom is -0.391 e. The summed E-state index contributed by atoms with van der Waals surface area (Å²) in [6.45, 7) is 4.31. The molecule has 0 saturated carbocycles. The maximum Gasteiger partial charge on any atom is 0.220 e. The number of nitrogens with one attached hydrogen (secondary N) is 1. The SMILES string of the molecule is CCCC(O)CNC(=O)CCCC(C)N. The van der Waals surface area contributed by atoms with Crippen LogP contribution < -0.4 is 11.1 Å². The Kier molecular flexibility index (Phi) is 8.33. The van der Waals surface area contributed by atoms with Crippen LogP contribution >= 0.6 is 0 Å². The van der Waals surface area contributed by atoms with Crippen LogP contribution in [0.5, 0.6) is 0 Å². The van der Waals surface area contributed by atoms with Gasteiger partial charge < -0.3 is 16.2 Å². The van der Waals surface area contributed by atoms with Gasteiger partial charge in [-0.2, -0.15) is 0 Å². The zero-order valence-electron chi connectivity index (χ0n) is 9.83. The Morgan fingerprint density at radius 2 is 2.13 bits per heavy atom. The summed E-state index contributed by atoms with van der Waals surface area (Å²) in [4.78, 5) is 11.3. The molecule has 0 spiro atoms. The summed E-state index contributed by atoms with van der Waals surface area (Å²) in [6, 6.07) is 0.156. The Hall–Kier alpha value is -0.610. The highest BCUT2D eigenvalue weighted by Crippen LogP contribution is 1.99. The van der Waals surface area contributed by atoms with Crippen LogP contribution in [0.3, 0.4) is 0 Å². The van der Waals surface area contributed by atoms with E-state index in [1.165, 1.54) is 0 Å². The van der Waals surface area contributed by atoms with E-state index in [0.717, 1.165) is 25.7 Å². The number of amides is 1. The largest absolute Gasteiger partial charge is 0.391 e. The zero-order valence-corrected chi connectivity index (χ0v) is 9.83. The summed E-state index contributed by atoms with van der Waals surface area (Å²) in [5.41, 5.74) is 5.57.